The lowest BCUT2D eigenvalue weighted by Crippen LogP contribution is -2.23. The second kappa shape index (κ2) is 3.04. The molecule has 0 spiro atoms. The van der Waals surface area contributed by atoms with Crippen molar-refractivity contribution in [1.29, 1.82) is 0 Å². The number of Topliss-reactive ketones (excluding diaryl/α,β-unsaturated/α-hetero) is 1. The molecule has 0 aliphatic heterocycles. The highest BCUT2D eigenvalue weighted by molar-refractivity contribution is 5.87. The molecular formula is C11H16O. The van der Waals surface area contributed by atoms with E-state index in [9.17, 15) is 4.79 Å². The van der Waals surface area contributed by atoms with Crippen LogP contribution in [0.5, 0.6) is 0 Å². The molecule has 1 heteroatoms. The Bertz CT molecular complexity index is 227. The van der Waals surface area contributed by atoms with Gasteiger partial charge in [0.1, 0.15) is 5.78 Å². The van der Waals surface area contributed by atoms with Crippen molar-refractivity contribution in [2.24, 2.45) is 11.8 Å². The number of carbonyl (C=O) groups is 1. The van der Waals surface area contributed by atoms with Crippen LogP contribution in [0.3, 0.4) is 0 Å². The van der Waals surface area contributed by atoms with Gasteiger partial charge in [-0.05, 0) is 25.2 Å². The number of allylic oxidation sites excluding steroid dienone is 2. The van der Waals surface area contributed by atoms with Crippen molar-refractivity contribution < 1.29 is 4.79 Å². The molecule has 0 N–H and O–H groups in total. The predicted molar refractivity (Wildman–Crippen MR) is 48.8 cm³/mol. The summed E-state index contributed by atoms with van der Waals surface area (Å²) in [6.07, 6.45) is 7.99. The van der Waals surface area contributed by atoms with Crippen LogP contribution in [0, 0.1) is 11.8 Å². The van der Waals surface area contributed by atoms with Crippen molar-refractivity contribution in [2.45, 2.75) is 39.0 Å². The Balaban J connectivity index is 1.92. The second-order valence-corrected chi connectivity index (χ2v) is 3.98. The number of hydrogen-bond donors (Lipinski definition) is 0. The monoisotopic (exact) mass is 164 g/mol. The lowest BCUT2D eigenvalue weighted by molar-refractivity contribution is -0.120. The molecule has 0 amide bonds. The van der Waals surface area contributed by atoms with Gasteiger partial charge in [0.15, 0.2) is 0 Å². The van der Waals surface area contributed by atoms with E-state index in [0.717, 1.165) is 12.8 Å². The molecular weight excluding hydrogens is 148 g/mol. The van der Waals surface area contributed by atoms with Gasteiger partial charge in [-0.15, -0.1) is 0 Å². The largest absolute Gasteiger partial charge is 0.299 e. The summed E-state index contributed by atoms with van der Waals surface area (Å²) in [5.41, 5.74) is 1.58. The molecule has 0 aromatic carbocycles. The number of carbonyl (C=O) groups excluding carboxylic acids is 1. The number of unbranched alkanes of at least 4 members (excludes halogenated alkanes) is 1. The molecule has 2 aliphatic rings. The van der Waals surface area contributed by atoms with Crippen LogP contribution in [0.4, 0.5) is 0 Å². The van der Waals surface area contributed by atoms with Crippen LogP contribution in [-0.4, -0.2) is 5.78 Å². The predicted octanol–water partition coefficient (Wildman–Crippen LogP) is 2.71. The molecule has 1 fully saturated rings. The van der Waals surface area contributed by atoms with Crippen LogP contribution < -0.4 is 0 Å². The summed E-state index contributed by atoms with van der Waals surface area (Å²) in [6, 6.07) is 0. The maximum atomic E-state index is 11.2. The summed E-state index contributed by atoms with van der Waals surface area (Å²) in [4.78, 5) is 11.2. The van der Waals surface area contributed by atoms with Crippen LogP contribution in [0.1, 0.15) is 39.0 Å². The molecule has 0 bridgehead atoms. The van der Waals surface area contributed by atoms with Crippen molar-refractivity contribution in [3.05, 3.63) is 11.6 Å². The van der Waals surface area contributed by atoms with Gasteiger partial charge in [0.05, 0.1) is 0 Å². The molecule has 0 radical (unpaired) electrons. The summed E-state index contributed by atoms with van der Waals surface area (Å²) in [6.45, 7) is 2.22. The average molecular weight is 164 g/mol. The van der Waals surface area contributed by atoms with Crippen molar-refractivity contribution in [2.75, 3.05) is 0 Å². The minimum Gasteiger partial charge on any atom is -0.299 e. The molecule has 0 aromatic heterocycles. The first-order valence-corrected chi connectivity index (χ1v) is 5.06. The van der Waals surface area contributed by atoms with E-state index in [1.54, 1.807) is 5.57 Å². The van der Waals surface area contributed by atoms with E-state index in [1.165, 1.54) is 19.3 Å². The van der Waals surface area contributed by atoms with Crippen LogP contribution in [0.25, 0.3) is 0 Å². The van der Waals surface area contributed by atoms with E-state index < -0.39 is 0 Å². The zero-order valence-corrected chi connectivity index (χ0v) is 7.68. The zero-order chi connectivity index (χ0) is 8.55. The lowest BCUT2D eigenvalue weighted by Gasteiger charge is -2.29. The van der Waals surface area contributed by atoms with E-state index in [4.69, 9.17) is 0 Å². The number of rotatable bonds is 3. The van der Waals surface area contributed by atoms with Gasteiger partial charge < -0.3 is 0 Å². The first kappa shape index (κ1) is 8.03. The molecule has 2 unspecified atom stereocenters. The highest BCUT2D eigenvalue weighted by Crippen LogP contribution is 2.45. The maximum Gasteiger partial charge on any atom is 0.140 e. The first-order chi connectivity index (χ1) is 5.83. The second-order valence-electron chi connectivity index (χ2n) is 3.98. The Morgan fingerprint density at radius 1 is 1.58 bits per heavy atom. The first-order valence-electron chi connectivity index (χ1n) is 5.06. The van der Waals surface area contributed by atoms with Gasteiger partial charge in [0.2, 0.25) is 0 Å². The molecule has 0 aromatic rings. The van der Waals surface area contributed by atoms with Gasteiger partial charge in [-0.3, -0.25) is 4.79 Å². The third kappa shape index (κ3) is 1.12. The highest BCUT2D eigenvalue weighted by Gasteiger charge is 2.41. The van der Waals surface area contributed by atoms with Gasteiger partial charge >= 0.3 is 0 Å². The van der Waals surface area contributed by atoms with Gasteiger partial charge in [-0.1, -0.05) is 25.0 Å². The molecule has 12 heavy (non-hydrogen) atoms. The maximum absolute atomic E-state index is 11.2. The Morgan fingerprint density at radius 3 is 3.08 bits per heavy atom. The fourth-order valence-electron chi connectivity index (χ4n) is 2.38. The number of fused-ring (bicyclic) bond motifs is 1. The fraction of sp³-hybridized carbons (Fsp3) is 0.727. The van der Waals surface area contributed by atoms with E-state index in [1.807, 2.05) is 0 Å². The molecule has 0 heterocycles. The summed E-state index contributed by atoms with van der Waals surface area (Å²) in [7, 11) is 0. The molecule has 66 valence electrons. The van der Waals surface area contributed by atoms with Gasteiger partial charge in [-0.2, -0.15) is 0 Å². The number of hydrogen-bond acceptors (Lipinski definition) is 1. The van der Waals surface area contributed by atoms with Gasteiger partial charge in [-0.25, -0.2) is 0 Å². The van der Waals surface area contributed by atoms with E-state index in [-0.39, 0.29) is 0 Å². The third-order valence-corrected chi connectivity index (χ3v) is 3.20. The van der Waals surface area contributed by atoms with Gasteiger partial charge in [0.25, 0.3) is 0 Å². The van der Waals surface area contributed by atoms with Gasteiger partial charge in [0, 0.05) is 12.3 Å². The summed E-state index contributed by atoms with van der Waals surface area (Å²) in [5, 5.41) is 0. The van der Waals surface area contributed by atoms with Crippen molar-refractivity contribution >= 4 is 5.78 Å². The SMILES string of the molecule is CCCCC1=CC2C(=O)CCC12. The Labute approximate surface area is 73.8 Å². The zero-order valence-electron chi connectivity index (χ0n) is 7.68. The molecule has 2 rings (SSSR count). The fourth-order valence-corrected chi connectivity index (χ4v) is 2.38. The highest BCUT2D eigenvalue weighted by atomic mass is 16.1. The molecule has 0 saturated heterocycles. The minimum atomic E-state index is 0.344. The Hall–Kier alpha value is -0.590. The lowest BCUT2D eigenvalue weighted by atomic mass is 9.75. The van der Waals surface area contributed by atoms with Crippen LogP contribution in [0.15, 0.2) is 11.6 Å². The van der Waals surface area contributed by atoms with E-state index in [2.05, 4.69) is 13.0 Å². The summed E-state index contributed by atoms with van der Waals surface area (Å²) in [5.74, 6) is 1.50. The van der Waals surface area contributed by atoms with Crippen molar-refractivity contribution in [3.8, 4) is 0 Å². The normalized spacial score (nSPS) is 32.8. The molecule has 1 saturated carbocycles. The minimum absolute atomic E-state index is 0.344. The van der Waals surface area contributed by atoms with Crippen LogP contribution in [0.2, 0.25) is 0 Å². The molecule has 1 nitrogen and oxygen atoms in total. The Kier molecular flexibility index (Phi) is 2.03. The molecule has 2 aliphatic carbocycles. The number of ketones is 1. The van der Waals surface area contributed by atoms with Crippen molar-refractivity contribution in [1.82, 2.24) is 0 Å². The van der Waals surface area contributed by atoms with E-state index >= 15 is 0 Å². The van der Waals surface area contributed by atoms with Crippen LogP contribution in [-0.2, 0) is 4.79 Å². The standard InChI is InChI=1S/C11H16O/c1-2-3-4-8-7-10-9(8)5-6-11(10)12/h7,9-10H,2-6H2,1H3. The Morgan fingerprint density at radius 2 is 2.42 bits per heavy atom. The third-order valence-electron chi connectivity index (χ3n) is 3.20. The average Bonchev–Trinajstić information content (AvgIpc) is 2.28. The molecule has 2 atom stereocenters. The summed E-state index contributed by atoms with van der Waals surface area (Å²) < 4.78 is 0. The topological polar surface area (TPSA) is 17.1 Å². The van der Waals surface area contributed by atoms with E-state index in [0.29, 0.717) is 17.6 Å². The van der Waals surface area contributed by atoms with Crippen molar-refractivity contribution in [3.63, 3.8) is 0 Å². The summed E-state index contributed by atoms with van der Waals surface area (Å²) >= 11 is 0. The quantitative estimate of drug-likeness (QED) is 0.586. The smallest absolute Gasteiger partial charge is 0.140 e. The van der Waals surface area contributed by atoms with Crippen LogP contribution >= 0.6 is 0 Å².